The molecule has 4 heteroatoms. The number of amides is 1. The number of benzene rings is 2. The van der Waals surface area contributed by atoms with Crippen molar-refractivity contribution in [3.05, 3.63) is 58.7 Å². The molecule has 3 rings (SSSR count). The van der Waals surface area contributed by atoms with Crippen molar-refractivity contribution >= 4 is 17.6 Å². The standard InChI is InChI=1S/C21H23NO3/c1-13-8-14(2)10-18(9-13)22-12-17(11-20(22)23)21(24)25-19-7-5-6-15(3)16(19)4/h5-10,17H,11-12H2,1-4H3/t17-/m0/s1. The van der Waals surface area contributed by atoms with Gasteiger partial charge in [-0.05, 0) is 68.1 Å². The normalized spacial score (nSPS) is 17.0. The number of anilines is 1. The minimum absolute atomic E-state index is 0.0343. The Balaban J connectivity index is 1.75. The molecule has 1 atom stereocenters. The lowest BCUT2D eigenvalue weighted by molar-refractivity contribution is -0.139. The Bertz CT molecular complexity index is 821. The first-order chi connectivity index (χ1) is 11.8. The fraction of sp³-hybridized carbons (Fsp3) is 0.333. The Morgan fingerprint density at radius 1 is 1.08 bits per heavy atom. The third-order valence-electron chi connectivity index (χ3n) is 4.74. The molecule has 1 amide bonds. The largest absolute Gasteiger partial charge is 0.426 e. The van der Waals surface area contributed by atoms with Crippen molar-refractivity contribution in [2.24, 2.45) is 5.92 Å². The summed E-state index contributed by atoms with van der Waals surface area (Å²) in [5, 5.41) is 0. The summed E-state index contributed by atoms with van der Waals surface area (Å²) >= 11 is 0. The van der Waals surface area contributed by atoms with Gasteiger partial charge in [0.1, 0.15) is 5.75 Å². The van der Waals surface area contributed by atoms with E-state index in [4.69, 9.17) is 4.74 Å². The smallest absolute Gasteiger partial charge is 0.316 e. The molecule has 0 unspecified atom stereocenters. The van der Waals surface area contributed by atoms with Crippen LogP contribution in [0.1, 0.15) is 28.7 Å². The van der Waals surface area contributed by atoms with E-state index in [0.29, 0.717) is 12.3 Å². The quantitative estimate of drug-likeness (QED) is 0.631. The third kappa shape index (κ3) is 3.58. The predicted octanol–water partition coefficient (Wildman–Crippen LogP) is 3.88. The van der Waals surface area contributed by atoms with Crippen LogP contribution >= 0.6 is 0 Å². The summed E-state index contributed by atoms with van der Waals surface area (Å²) in [5.41, 5.74) is 5.08. The van der Waals surface area contributed by atoms with Crippen LogP contribution in [0.4, 0.5) is 5.69 Å². The second kappa shape index (κ2) is 6.71. The van der Waals surface area contributed by atoms with Crippen LogP contribution in [0, 0.1) is 33.6 Å². The molecule has 1 aliphatic heterocycles. The van der Waals surface area contributed by atoms with Gasteiger partial charge < -0.3 is 9.64 Å². The van der Waals surface area contributed by atoms with Gasteiger partial charge in [0.05, 0.1) is 5.92 Å². The molecule has 1 saturated heterocycles. The molecule has 4 nitrogen and oxygen atoms in total. The average Bonchev–Trinajstić information content (AvgIpc) is 2.93. The van der Waals surface area contributed by atoms with Crippen LogP contribution in [0.5, 0.6) is 5.75 Å². The summed E-state index contributed by atoms with van der Waals surface area (Å²) in [7, 11) is 0. The second-order valence-corrected chi connectivity index (χ2v) is 6.87. The fourth-order valence-corrected chi connectivity index (χ4v) is 3.25. The first-order valence-electron chi connectivity index (χ1n) is 8.51. The number of hydrogen-bond acceptors (Lipinski definition) is 3. The lowest BCUT2D eigenvalue weighted by atomic mass is 10.1. The number of ether oxygens (including phenoxy) is 1. The number of aryl methyl sites for hydroxylation is 3. The van der Waals surface area contributed by atoms with Crippen LogP contribution < -0.4 is 9.64 Å². The summed E-state index contributed by atoms with van der Waals surface area (Å²) in [5.74, 6) is -0.239. The van der Waals surface area contributed by atoms with Crippen LogP contribution in [0.2, 0.25) is 0 Å². The molecule has 0 aromatic heterocycles. The van der Waals surface area contributed by atoms with Gasteiger partial charge in [0.2, 0.25) is 5.91 Å². The molecule has 0 radical (unpaired) electrons. The Morgan fingerprint density at radius 3 is 2.44 bits per heavy atom. The lowest BCUT2D eigenvalue weighted by Gasteiger charge is -2.18. The monoisotopic (exact) mass is 337 g/mol. The van der Waals surface area contributed by atoms with E-state index in [9.17, 15) is 9.59 Å². The summed E-state index contributed by atoms with van der Waals surface area (Å²) in [6.07, 6.45) is 0.191. The highest BCUT2D eigenvalue weighted by Gasteiger charge is 2.36. The van der Waals surface area contributed by atoms with Gasteiger partial charge in [-0.2, -0.15) is 0 Å². The van der Waals surface area contributed by atoms with Crippen LogP contribution in [0.3, 0.4) is 0 Å². The Hall–Kier alpha value is -2.62. The highest BCUT2D eigenvalue weighted by molar-refractivity contribution is 5.99. The predicted molar refractivity (Wildman–Crippen MR) is 97.9 cm³/mol. The molecule has 0 aliphatic carbocycles. The van der Waals surface area contributed by atoms with E-state index in [-0.39, 0.29) is 18.3 Å². The van der Waals surface area contributed by atoms with E-state index in [2.05, 4.69) is 6.07 Å². The zero-order chi connectivity index (χ0) is 18.1. The van der Waals surface area contributed by atoms with Crippen molar-refractivity contribution in [2.45, 2.75) is 34.1 Å². The van der Waals surface area contributed by atoms with E-state index in [1.54, 1.807) is 11.0 Å². The van der Waals surface area contributed by atoms with Gasteiger partial charge in [-0.1, -0.05) is 18.2 Å². The Kier molecular flexibility index (Phi) is 4.62. The first-order valence-corrected chi connectivity index (χ1v) is 8.51. The lowest BCUT2D eigenvalue weighted by Crippen LogP contribution is -2.27. The highest BCUT2D eigenvalue weighted by atomic mass is 16.5. The minimum Gasteiger partial charge on any atom is -0.426 e. The summed E-state index contributed by atoms with van der Waals surface area (Å²) in [6, 6.07) is 11.7. The van der Waals surface area contributed by atoms with Crippen molar-refractivity contribution < 1.29 is 14.3 Å². The molecule has 1 fully saturated rings. The molecule has 1 aliphatic rings. The van der Waals surface area contributed by atoms with Gasteiger partial charge in [0.25, 0.3) is 0 Å². The van der Waals surface area contributed by atoms with E-state index in [1.165, 1.54) is 0 Å². The second-order valence-electron chi connectivity index (χ2n) is 6.87. The number of nitrogens with zero attached hydrogens (tertiary/aromatic N) is 1. The maximum atomic E-state index is 12.5. The van der Waals surface area contributed by atoms with Gasteiger partial charge >= 0.3 is 5.97 Å². The van der Waals surface area contributed by atoms with E-state index >= 15 is 0 Å². The SMILES string of the molecule is Cc1cc(C)cc(N2C[C@@H](C(=O)Oc3cccc(C)c3C)CC2=O)c1. The Morgan fingerprint density at radius 2 is 1.76 bits per heavy atom. The molecule has 0 N–H and O–H groups in total. The van der Waals surface area contributed by atoms with Crippen LogP contribution in [0.15, 0.2) is 36.4 Å². The molecule has 0 saturated carbocycles. The van der Waals surface area contributed by atoms with Gasteiger partial charge in [-0.25, -0.2) is 0 Å². The molecule has 130 valence electrons. The average molecular weight is 337 g/mol. The molecular weight excluding hydrogens is 314 g/mol. The minimum atomic E-state index is -0.437. The maximum absolute atomic E-state index is 12.5. The van der Waals surface area contributed by atoms with Crippen molar-refractivity contribution in [3.8, 4) is 5.75 Å². The molecule has 2 aromatic rings. The Labute approximate surface area is 148 Å². The van der Waals surface area contributed by atoms with Crippen molar-refractivity contribution in [1.82, 2.24) is 0 Å². The van der Waals surface area contributed by atoms with Crippen molar-refractivity contribution in [3.63, 3.8) is 0 Å². The first kappa shape index (κ1) is 17.2. The van der Waals surface area contributed by atoms with E-state index in [1.807, 2.05) is 52.0 Å². The van der Waals surface area contributed by atoms with Gasteiger partial charge in [0.15, 0.2) is 0 Å². The third-order valence-corrected chi connectivity index (χ3v) is 4.74. The maximum Gasteiger partial charge on any atom is 0.316 e. The van der Waals surface area contributed by atoms with Crippen molar-refractivity contribution in [1.29, 1.82) is 0 Å². The topological polar surface area (TPSA) is 46.6 Å². The number of carbonyl (C=O) groups excluding carboxylic acids is 2. The number of hydrogen-bond donors (Lipinski definition) is 0. The number of esters is 1. The molecular formula is C21H23NO3. The molecule has 1 heterocycles. The van der Waals surface area contributed by atoms with Crippen LogP contribution in [-0.2, 0) is 9.59 Å². The van der Waals surface area contributed by atoms with Gasteiger partial charge in [-0.3, -0.25) is 9.59 Å². The zero-order valence-electron chi connectivity index (χ0n) is 15.1. The van der Waals surface area contributed by atoms with E-state index < -0.39 is 5.92 Å². The molecule has 0 bridgehead atoms. The molecule has 0 spiro atoms. The zero-order valence-corrected chi connectivity index (χ0v) is 15.1. The molecule has 2 aromatic carbocycles. The van der Waals surface area contributed by atoms with Crippen LogP contribution in [-0.4, -0.2) is 18.4 Å². The number of carbonyl (C=O) groups is 2. The summed E-state index contributed by atoms with van der Waals surface area (Å²) in [4.78, 5) is 26.6. The summed E-state index contributed by atoms with van der Waals surface area (Å²) < 4.78 is 5.57. The molecule has 25 heavy (non-hydrogen) atoms. The van der Waals surface area contributed by atoms with Gasteiger partial charge in [0, 0.05) is 18.7 Å². The fourth-order valence-electron chi connectivity index (χ4n) is 3.25. The highest BCUT2D eigenvalue weighted by Crippen LogP contribution is 2.29. The number of rotatable bonds is 3. The summed E-state index contributed by atoms with van der Waals surface area (Å²) in [6.45, 7) is 8.28. The van der Waals surface area contributed by atoms with Crippen LogP contribution in [0.25, 0.3) is 0 Å². The van der Waals surface area contributed by atoms with E-state index in [0.717, 1.165) is 27.9 Å². The van der Waals surface area contributed by atoms with Gasteiger partial charge in [-0.15, -0.1) is 0 Å². The van der Waals surface area contributed by atoms with Crippen molar-refractivity contribution in [2.75, 3.05) is 11.4 Å².